The third kappa shape index (κ3) is 3.28. The summed E-state index contributed by atoms with van der Waals surface area (Å²) >= 11 is 5.98. The van der Waals surface area contributed by atoms with Gasteiger partial charge in [-0.1, -0.05) is 23.7 Å². The molecule has 118 valence electrons. The number of rotatable bonds is 3. The molecule has 3 aromatic rings. The Morgan fingerprint density at radius 2 is 1.84 bits per heavy atom. The Bertz CT molecular complexity index is 1100. The predicted octanol–water partition coefficient (Wildman–Crippen LogP) is 3.89. The summed E-state index contributed by atoms with van der Waals surface area (Å²) in [6.45, 7) is 0. The number of imidazole rings is 1. The predicted molar refractivity (Wildman–Crippen MR) is 93.1 cm³/mol. The van der Waals surface area contributed by atoms with Crippen LogP contribution in [0.15, 0.2) is 60.1 Å². The topological polar surface area (TPSA) is 101 Å². The Kier molecular flexibility index (Phi) is 4.35. The van der Waals surface area contributed by atoms with Crippen LogP contribution in [0, 0.1) is 34.0 Å². The van der Waals surface area contributed by atoms with Gasteiger partial charge in [-0.15, -0.1) is 0 Å². The Labute approximate surface area is 148 Å². The zero-order valence-corrected chi connectivity index (χ0v) is 13.5. The fourth-order valence-corrected chi connectivity index (χ4v) is 2.46. The van der Waals surface area contributed by atoms with Crippen molar-refractivity contribution >= 4 is 22.9 Å². The number of allylic oxidation sites excluding steroid dienone is 2. The number of nitrogens with one attached hydrogen (secondary N) is 1. The normalized spacial score (nSPS) is 9.68. The van der Waals surface area contributed by atoms with Crippen LogP contribution < -0.4 is 5.32 Å². The number of halogens is 1. The Hall–Kier alpha value is -3.79. The molecule has 0 aliphatic heterocycles. The van der Waals surface area contributed by atoms with Crippen molar-refractivity contribution in [2.24, 2.45) is 0 Å². The fourth-order valence-electron chi connectivity index (χ4n) is 2.29. The highest BCUT2D eigenvalue weighted by molar-refractivity contribution is 6.30. The third-order valence-electron chi connectivity index (χ3n) is 3.43. The van der Waals surface area contributed by atoms with Crippen molar-refractivity contribution in [3.8, 4) is 29.5 Å². The highest BCUT2D eigenvalue weighted by atomic mass is 35.5. The number of hydrogen-bond donors (Lipinski definition) is 1. The third-order valence-corrected chi connectivity index (χ3v) is 3.65. The van der Waals surface area contributed by atoms with Crippen LogP contribution in [0.3, 0.4) is 0 Å². The maximum atomic E-state index is 9.13. The fraction of sp³-hybridized carbons (Fsp3) is 0. The first-order chi connectivity index (χ1) is 12.1. The molecule has 2 aromatic heterocycles. The number of pyridine rings is 1. The zero-order chi connectivity index (χ0) is 17.8. The lowest BCUT2D eigenvalue weighted by Gasteiger charge is -2.06. The van der Waals surface area contributed by atoms with Crippen LogP contribution >= 0.6 is 11.6 Å². The van der Waals surface area contributed by atoms with Crippen molar-refractivity contribution in [2.45, 2.75) is 0 Å². The van der Waals surface area contributed by atoms with Gasteiger partial charge in [0.2, 0.25) is 0 Å². The molecule has 0 saturated heterocycles. The van der Waals surface area contributed by atoms with Crippen LogP contribution in [0.1, 0.15) is 0 Å². The minimum atomic E-state index is -0.268. The Morgan fingerprint density at radius 3 is 2.56 bits per heavy atom. The van der Waals surface area contributed by atoms with E-state index in [1.54, 1.807) is 42.6 Å². The molecule has 3 rings (SSSR count). The molecule has 0 aliphatic carbocycles. The maximum Gasteiger partial charge on any atom is 0.163 e. The largest absolute Gasteiger partial charge is 0.345 e. The van der Waals surface area contributed by atoms with Gasteiger partial charge in [-0.25, -0.2) is 4.98 Å². The van der Waals surface area contributed by atoms with Gasteiger partial charge in [-0.05, 0) is 24.3 Å². The molecule has 0 spiro atoms. The van der Waals surface area contributed by atoms with Gasteiger partial charge in [0.1, 0.15) is 29.6 Å². The Balaban J connectivity index is 1.99. The van der Waals surface area contributed by atoms with E-state index in [0.29, 0.717) is 10.7 Å². The van der Waals surface area contributed by atoms with Gasteiger partial charge in [-0.2, -0.15) is 15.8 Å². The number of nitriles is 3. The summed E-state index contributed by atoms with van der Waals surface area (Å²) in [5, 5.41) is 30.3. The standard InChI is InChI=1S/C18H9ClN6/c19-14-4-5-18-24-17(11-25(18)10-14)12-2-1-3-15(6-12)23-16(9-22)13(7-20)8-21/h1-6,10-11,23H. The van der Waals surface area contributed by atoms with E-state index in [0.717, 1.165) is 16.9 Å². The van der Waals surface area contributed by atoms with Gasteiger partial charge >= 0.3 is 0 Å². The second-order valence-electron chi connectivity index (χ2n) is 5.03. The van der Waals surface area contributed by atoms with Crippen LogP contribution in [0.4, 0.5) is 5.69 Å². The van der Waals surface area contributed by atoms with Crippen molar-refractivity contribution in [3.63, 3.8) is 0 Å². The minimum absolute atomic E-state index is 0.0936. The van der Waals surface area contributed by atoms with E-state index in [-0.39, 0.29) is 11.3 Å². The summed E-state index contributed by atoms with van der Waals surface area (Å²) in [6.07, 6.45) is 3.61. The van der Waals surface area contributed by atoms with Crippen molar-refractivity contribution in [3.05, 3.63) is 65.1 Å². The zero-order valence-electron chi connectivity index (χ0n) is 12.7. The molecular formula is C18H9ClN6. The van der Waals surface area contributed by atoms with Gasteiger partial charge in [0, 0.05) is 23.6 Å². The van der Waals surface area contributed by atoms with Crippen molar-refractivity contribution in [1.82, 2.24) is 9.38 Å². The summed E-state index contributed by atoms with van der Waals surface area (Å²) in [5.41, 5.74) is 2.52. The summed E-state index contributed by atoms with van der Waals surface area (Å²) in [7, 11) is 0. The highest BCUT2D eigenvalue weighted by Crippen LogP contribution is 2.24. The molecule has 0 radical (unpaired) electrons. The average molecular weight is 345 g/mol. The first-order valence-corrected chi connectivity index (χ1v) is 7.48. The van der Waals surface area contributed by atoms with Gasteiger partial charge < -0.3 is 9.72 Å². The molecule has 1 N–H and O–H groups in total. The molecule has 0 amide bonds. The van der Waals surface area contributed by atoms with Crippen LogP contribution in [0.25, 0.3) is 16.9 Å². The lowest BCUT2D eigenvalue weighted by Crippen LogP contribution is -2.00. The molecule has 0 atom stereocenters. The molecule has 0 aliphatic rings. The molecule has 0 fully saturated rings. The number of benzene rings is 1. The van der Waals surface area contributed by atoms with Crippen molar-refractivity contribution in [2.75, 3.05) is 5.32 Å². The first kappa shape index (κ1) is 16.1. The molecule has 2 heterocycles. The van der Waals surface area contributed by atoms with E-state index in [2.05, 4.69) is 10.3 Å². The SMILES string of the molecule is N#CC(C#N)=C(C#N)Nc1cccc(-c2cn3cc(Cl)ccc3n2)c1. The number of anilines is 1. The summed E-state index contributed by atoms with van der Waals surface area (Å²) in [4.78, 5) is 4.53. The summed E-state index contributed by atoms with van der Waals surface area (Å²) < 4.78 is 1.82. The monoisotopic (exact) mass is 344 g/mol. The molecule has 7 heteroatoms. The van der Waals surface area contributed by atoms with E-state index in [9.17, 15) is 0 Å². The molecular weight excluding hydrogens is 336 g/mol. The average Bonchev–Trinajstić information content (AvgIpc) is 3.05. The van der Waals surface area contributed by atoms with Gasteiger partial charge in [0.05, 0.1) is 10.7 Å². The van der Waals surface area contributed by atoms with E-state index in [4.69, 9.17) is 27.4 Å². The summed E-state index contributed by atoms with van der Waals surface area (Å²) in [6, 6.07) is 16.0. The smallest absolute Gasteiger partial charge is 0.163 e. The second kappa shape index (κ2) is 6.76. The Morgan fingerprint density at radius 1 is 1.04 bits per heavy atom. The van der Waals surface area contributed by atoms with Crippen molar-refractivity contribution in [1.29, 1.82) is 15.8 Å². The molecule has 0 unspecified atom stereocenters. The van der Waals surface area contributed by atoms with Crippen LogP contribution in [0.5, 0.6) is 0 Å². The number of fused-ring (bicyclic) bond motifs is 1. The van der Waals surface area contributed by atoms with Gasteiger partial charge in [0.25, 0.3) is 0 Å². The van der Waals surface area contributed by atoms with Crippen LogP contribution in [0.2, 0.25) is 5.02 Å². The highest BCUT2D eigenvalue weighted by Gasteiger charge is 2.09. The van der Waals surface area contributed by atoms with Crippen LogP contribution in [-0.2, 0) is 0 Å². The van der Waals surface area contributed by atoms with E-state index in [1.165, 1.54) is 0 Å². The molecule has 25 heavy (non-hydrogen) atoms. The molecule has 0 saturated carbocycles. The van der Waals surface area contributed by atoms with E-state index < -0.39 is 0 Å². The van der Waals surface area contributed by atoms with E-state index >= 15 is 0 Å². The molecule has 0 bridgehead atoms. The minimum Gasteiger partial charge on any atom is -0.345 e. The first-order valence-electron chi connectivity index (χ1n) is 7.11. The van der Waals surface area contributed by atoms with Gasteiger partial charge in [-0.3, -0.25) is 0 Å². The maximum absolute atomic E-state index is 9.13. The molecule has 1 aromatic carbocycles. The number of hydrogen-bond acceptors (Lipinski definition) is 5. The number of aromatic nitrogens is 2. The van der Waals surface area contributed by atoms with E-state index in [1.807, 2.05) is 28.8 Å². The quantitative estimate of drug-likeness (QED) is 0.726. The lowest BCUT2D eigenvalue weighted by molar-refractivity contribution is 1.19. The molecule has 6 nitrogen and oxygen atoms in total. The lowest BCUT2D eigenvalue weighted by atomic mass is 10.1. The second-order valence-corrected chi connectivity index (χ2v) is 5.47. The van der Waals surface area contributed by atoms with Gasteiger partial charge in [0.15, 0.2) is 5.57 Å². The summed E-state index contributed by atoms with van der Waals surface area (Å²) in [5.74, 6) is 0. The number of nitrogens with zero attached hydrogens (tertiary/aromatic N) is 5. The van der Waals surface area contributed by atoms with Crippen molar-refractivity contribution < 1.29 is 0 Å². The van der Waals surface area contributed by atoms with Crippen LogP contribution in [-0.4, -0.2) is 9.38 Å².